The predicted molar refractivity (Wildman–Crippen MR) is 114 cm³/mol. The second-order valence-corrected chi connectivity index (χ2v) is 22.8. The molecule has 1 saturated heterocycles. The van der Waals surface area contributed by atoms with Gasteiger partial charge in [0, 0.05) is 6.61 Å². The van der Waals surface area contributed by atoms with Crippen molar-refractivity contribution in [1.82, 2.24) is 0 Å². The van der Waals surface area contributed by atoms with Crippen molar-refractivity contribution in [3.63, 3.8) is 0 Å². The summed E-state index contributed by atoms with van der Waals surface area (Å²) in [7, 11) is -5.48. The first-order valence-electron chi connectivity index (χ1n) is 10.7. The molecule has 7 heteroatoms. The molecule has 0 spiro atoms. The molecule has 0 aromatic heterocycles. The maximum Gasteiger partial charge on any atom is 0.311 e. The summed E-state index contributed by atoms with van der Waals surface area (Å²) in [4.78, 5) is 0. The molecule has 3 rings (SSSR count). The summed E-state index contributed by atoms with van der Waals surface area (Å²) in [6.07, 6.45) is 7.27. The molecule has 0 radical (unpaired) electrons. The normalized spacial score (nSPS) is 31.6. The molecule has 2 saturated carbocycles. The second kappa shape index (κ2) is 8.08. The number of epoxide rings is 1. The van der Waals surface area contributed by atoms with Crippen molar-refractivity contribution >= 4 is 25.2 Å². The fourth-order valence-electron chi connectivity index (χ4n) is 5.52. The van der Waals surface area contributed by atoms with Gasteiger partial charge in [-0.2, -0.15) is 0 Å². The molecule has 1 heterocycles. The van der Waals surface area contributed by atoms with Crippen molar-refractivity contribution in [2.45, 2.75) is 89.1 Å². The smallest absolute Gasteiger partial charge is 0.311 e. The highest BCUT2D eigenvalue weighted by atomic mass is 28.5. The van der Waals surface area contributed by atoms with E-state index in [4.69, 9.17) is 17.7 Å². The summed E-state index contributed by atoms with van der Waals surface area (Å²) in [6.45, 7) is 16.6. The number of fused-ring (bicyclic) bond motifs is 2. The highest BCUT2D eigenvalue weighted by molar-refractivity contribution is 6.88. The SMILES string of the molecule is C[Si](C)(CCCOCC1CO1)O[Si](C)(C)O[Si](C)(C)C1CC2CCC1C2. The van der Waals surface area contributed by atoms with E-state index in [0.29, 0.717) is 6.10 Å². The van der Waals surface area contributed by atoms with Crippen LogP contribution in [-0.4, -0.2) is 51.1 Å². The van der Waals surface area contributed by atoms with Crippen molar-refractivity contribution < 1.29 is 17.7 Å². The van der Waals surface area contributed by atoms with Gasteiger partial charge in [0.05, 0.1) is 13.2 Å². The van der Waals surface area contributed by atoms with Crippen molar-refractivity contribution in [3.8, 4) is 0 Å². The van der Waals surface area contributed by atoms with E-state index in [1.165, 1.54) is 25.7 Å². The lowest BCUT2D eigenvalue weighted by atomic mass is 10.0. The van der Waals surface area contributed by atoms with Crippen LogP contribution in [0.1, 0.15) is 32.1 Å². The van der Waals surface area contributed by atoms with Crippen LogP contribution in [0.15, 0.2) is 0 Å². The minimum absolute atomic E-state index is 0.370. The van der Waals surface area contributed by atoms with Crippen LogP contribution >= 0.6 is 0 Å². The van der Waals surface area contributed by atoms with Crippen molar-refractivity contribution in [1.29, 1.82) is 0 Å². The van der Waals surface area contributed by atoms with Crippen molar-refractivity contribution in [2.75, 3.05) is 19.8 Å². The number of hydrogen-bond donors (Lipinski definition) is 0. The Morgan fingerprint density at radius 1 is 0.962 bits per heavy atom. The average molecular weight is 417 g/mol. The van der Waals surface area contributed by atoms with Gasteiger partial charge in [0.15, 0.2) is 16.6 Å². The van der Waals surface area contributed by atoms with Gasteiger partial charge >= 0.3 is 8.56 Å². The van der Waals surface area contributed by atoms with Crippen LogP contribution in [0.2, 0.25) is 50.9 Å². The van der Waals surface area contributed by atoms with Gasteiger partial charge in [0.2, 0.25) is 0 Å². The third kappa shape index (κ3) is 5.99. The summed E-state index contributed by atoms with van der Waals surface area (Å²) in [5, 5.41) is 0. The zero-order chi connectivity index (χ0) is 19.0. The average Bonchev–Trinajstić information content (AvgIpc) is 3.05. The Balaban J connectivity index is 1.43. The molecule has 0 aromatic rings. The van der Waals surface area contributed by atoms with Crippen LogP contribution in [0, 0.1) is 11.8 Å². The lowest BCUT2D eigenvalue weighted by Crippen LogP contribution is -2.54. The molecule has 2 bridgehead atoms. The minimum Gasteiger partial charge on any atom is -0.437 e. The van der Waals surface area contributed by atoms with Gasteiger partial charge < -0.3 is 17.7 Å². The monoisotopic (exact) mass is 416 g/mol. The molecule has 0 amide bonds. The van der Waals surface area contributed by atoms with E-state index < -0.39 is 25.2 Å². The minimum atomic E-state index is -2.08. The molecular formula is C19H40O4Si3. The van der Waals surface area contributed by atoms with Crippen LogP contribution < -0.4 is 0 Å². The van der Waals surface area contributed by atoms with Crippen LogP contribution in [0.4, 0.5) is 0 Å². The third-order valence-corrected chi connectivity index (χ3v) is 18.7. The van der Waals surface area contributed by atoms with Gasteiger partial charge in [-0.05, 0) is 82.0 Å². The first-order valence-corrected chi connectivity index (χ1v) is 19.6. The Hall–Kier alpha value is 0.491. The Morgan fingerprint density at radius 2 is 1.69 bits per heavy atom. The fourth-order valence-corrected chi connectivity index (χ4v) is 20.8. The third-order valence-electron chi connectivity index (χ3n) is 6.44. The van der Waals surface area contributed by atoms with E-state index >= 15 is 0 Å². The molecule has 3 aliphatic rings. The molecule has 4 atom stereocenters. The molecule has 3 fully saturated rings. The highest BCUT2D eigenvalue weighted by Gasteiger charge is 2.51. The van der Waals surface area contributed by atoms with Gasteiger partial charge in [-0.25, -0.2) is 0 Å². The summed E-state index contributed by atoms with van der Waals surface area (Å²) >= 11 is 0. The molecule has 4 nitrogen and oxygen atoms in total. The van der Waals surface area contributed by atoms with E-state index in [0.717, 1.165) is 49.7 Å². The fraction of sp³-hybridized carbons (Fsp3) is 1.00. The number of hydrogen-bond acceptors (Lipinski definition) is 4. The second-order valence-electron chi connectivity index (χ2n) is 10.4. The first kappa shape index (κ1) is 21.2. The van der Waals surface area contributed by atoms with Gasteiger partial charge in [-0.3, -0.25) is 0 Å². The zero-order valence-corrected chi connectivity index (χ0v) is 20.8. The van der Waals surface area contributed by atoms with E-state index in [1.807, 2.05) is 0 Å². The van der Waals surface area contributed by atoms with Crippen LogP contribution in [0.3, 0.4) is 0 Å². The summed E-state index contributed by atoms with van der Waals surface area (Å²) in [6, 6.07) is 1.15. The predicted octanol–water partition coefficient (Wildman–Crippen LogP) is 5.13. The summed E-state index contributed by atoms with van der Waals surface area (Å²) in [5.41, 5.74) is 0.861. The van der Waals surface area contributed by atoms with Crippen molar-refractivity contribution in [3.05, 3.63) is 0 Å². The maximum atomic E-state index is 6.91. The maximum absolute atomic E-state index is 6.91. The van der Waals surface area contributed by atoms with Gasteiger partial charge in [-0.15, -0.1) is 0 Å². The molecule has 1 aliphatic heterocycles. The zero-order valence-electron chi connectivity index (χ0n) is 17.8. The molecule has 0 aromatic carbocycles. The Morgan fingerprint density at radius 3 is 2.27 bits per heavy atom. The molecule has 0 N–H and O–H groups in total. The summed E-state index contributed by atoms with van der Waals surface area (Å²) < 4.78 is 24.5. The Kier molecular flexibility index (Phi) is 6.59. The van der Waals surface area contributed by atoms with E-state index in [-0.39, 0.29) is 0 Å². The van der Waals surface area contributed by atoms with E-state index in [9.17, 15) is 0 Å². The number of ether oxygens (including phenoxy) is 2. The lowest BCUT2D eigenvalue weighted by molar-refractivity contribution is 0.116. The van der Waals surface area contributed by atoms with Crippen LogP contribution in [-0.2, 0) is 17.7 Å². The molecule has 2 aliphatic carbocycles. The van der Waals surface area contributed by atoms with Crippen molar-refractivity contribution in [2.24, 2.45) is 11.8 Å². The van der Waals surface area contributed by atoms with Crippen LogP contribution in [0.25, 0.3) is 0 Å². The van der Waals surface area contributed by atoms with Gasteiger partial charge in [-0.1, -0.05) is 12.8 Å². The largest absolute Gasteiger partial charge is 0.437 e. The molecule has 4 unspecified atom stereocenters. The first-order chi connectivity index (χ1) is 12.1. The van der Waals surface area contributed by atoms with Gasteiger partial charge in [0.1, 0.15) is 6.10 Å². The summed E-state index contributed by atoms with van der Waals surface area (Å²) in [5.74, 6) is 1.95. The quantitative estimate of drug-likeness (QED) is 0.266. The molecular weight excluding hydrogens is 376 g/mol. The Labute approximate surface area is 163 Å². The van der Waals surface area contributed by atoms with Gasteiger partial charge in [0.25, 0.3) is 0 Å². The van der Waals surface area contributed by atoms with E-state index in [2.05, 4.69) is 39.3 Å². The van der Waals surface area contributed by atoms with E-state index in [1.54, 1.807) is 0 Å². The topological polar surface area (TPSA) is 40.2 Å². The molecule has 152 valence electrons. The Bertz CT molecular complexity index is 479. The highest BCUT2D eigenvalue weighted by Crippen LogP contribution is 2.56. The van der Waals surface area contributed by atoms with Crippen LogP contribution in [0.5, 0.6) is 0 Å². The number of rotatable bonds is 11. The standard InChI is InChI=1S/C19H40O4Si3/c1-24(2,11-7-10-20-14-18-15-21-18)22-26(5,6)23-25(3,4)19-13-16-8-9-17(19)12-16/h16-19H,7-15H2,1-6H3. The lowest BCUT2D eigenvalue weighted by Gasteiger charge is -2.43. The molecule has 26 heavy (non-hydrogen) atoms.